The molecule has 6 nitrogen and oxygen atoms in total. The van der Waals surface area contributed by atoms with Crippen LogP contribution in [-0.4, -0.2) is 15.6 Å². The number of nitrogens with zero attached hydrogens (tertiary/aromatic N) is 4. The maximum Gasteiger partial charge on any atom is 0.261 e. The molecule has 1 amide bonds. The van der Waals surface area contributed by atoms with Crippen LogP contribution in [0.15, 0.2) is 182 Å². The monoisotopic (exact) mass is 744 g/mol. The third-order valence-corrected chi connectivity index (χ3v) is 11.2. The Labute approximate surface area is 335 Å². The van der Waals surface area contributed by atoms with Crippen LogP contribution < -0.4 is 4.90 Å². The summed E-state index contributed by atoms with van der Waals surface area (Å²) in [6.07, 6.45) is -1.32. The molecule has 0 saturated carbocycles. The third-order valence-electron chi connectivity index (χ3n) is 11.2. The Bertz CT molecular complexity index is 2980. The van der Waals surface area contributed by atoms with Gasteiger partial charge in [-0.3, -0.25) is 9.69 Å². The quantitative estimate of drug-likeness (QED) is 0.183. The van der Waals surface area contributed by atoms with Gasteiger partial charge < -0.3 is 9.67 Å². The minimum Gasteiger partial charge on any atom is -0.369 e. The fourth-order valence-corrected chi connectivity index (χ4v) is 8.42. The number of carbonyl (C=O) groups excluding carboxylic acids is 1. The molecule has 6 heteroatoms. The van der Waals surface area contributed by atoms with Gasteiger partial charge in [0.25, 0.3) is 5.91 Å². The van der Waals surface area contributed by atoms with E-state index in [9.17, 15) is 20.4 Å². The molecular weight excluding hydrogens is 713 g/mol. The maximum atomic E-state index is 14.9. The molecule has 9 aromatic rings. The van der Waals surface area contributed by atoms with Crippen molar-refractivity contribution < 1.29 is 9.90 Å². The summed E-state index contributed by atoms with van der Waals surface area (Å²) in [5, 5.41) is 33.7. The summed E-state index contributed by atoms with van der Waals surface area (Å²) in [6.45, 7) is 0. The van der Waals surface area contributed by atoms with Gasteiger partial charge in [-0.15, -0.1) is 0 Å². The van der Waals surface area contributed by atoms with Crippen molar-refractivity contribution >= 4 is 33.4 Å². The van der Waals surface area contributed by atoms with Gasteiger partial charge in [0.15, 0.2) is 6.23 Å². The van der Waals surface area contributed by atoms with E-state index < -0.39 is 6.23 Å². The SMILES string of the molecule is N#Cc1ccc(-c2ccc3c4ccc(-c5ccc(C#N)cc5)cc4n(-c4cccc5c4C(O)N(c4c(-c6ccccc6)cccc4-c4ccccc4)C5=O)c3c2)cc1. The van der Waals surface area contributed by atoms with Gasteiger partial charge in [-0.25, -0.2) is 0 Å². The van der Waals surface area contributed by atoms with E-state index in [-0.39, 0.29) is 5.91 Å². The Balaban J connectivity index is 1.22. The molecule has 1 aliphatic heterocycles. The van der Waals surface area contributed by atoms with Crippen molar-refractivity contribution in [2.75, 3.05) is 4.90 Å². The van der Waals surface area contributed by atoms with Crippen molar-refractivity contribution in [2.45, 2.75) is 6.23 Å². The van der Waals surface area contributed by atoms with Crippen molar-refractivity contribution in [3.8, 4) is 62.3 Å². The number of para-hydroxylation sites is 1. The Hall–Kier alpha value is -8.03. The number of nitriles is 2. The van der Waals surface area contributed by atoms with Crippen LogP contribution in [0.25, 0.3) is 72.0 Å². The van der Waals surface area contributed by atoms with Gasteiger partial charge in [-0.2, -0.15) is 10.5 Å². The van der Waals surface area contributed by atoms with Gasteiger partial charge in [0.2, 0.25) is 0 Å². The summed E-state index contributed by atoms with van der Waals surface area (Å²) in [5.74, 6) is -0.290. The fourth-order valence-electron chi connectivity index (χ4n) is 8.42. The van der Waals surface area contributed by atoms with E-state index in [1.165, 1.54) is 0 Å². The normalized spacial score (nSPS) is 13.4. The predicted octanol–water partition coefficient (Wildman–Crippen LogP) is 11.8. The summed E-state index contributed by atoms with van der Waals surface area (Å²) in [7, 11) is 0. The standard InChI is InChI=1S/C52H32N4O2/c53-31-33-17-21-35(22-18-33)39-25-27-43-44-28-26-40(36-23-19-34(32-54)20-24-36)30-48(44)55(47(43)29-39)46-16-8-15-45-49(46)52(58)56(51(45)57)50-41(37-9-3-1-4-10-37)13-7-14-42(50)38-11-5-2-6-12-38/h1-30,52,58H. The average molecular weight is 745 g/mol. The molecule has 272 valence electrons. The minimum atomic E-state index is -1.32. The second kappa shape index (κ2) is 13.9. The molecule has 0 aliphatic carbocycles. The van der Waals surface area contributed by atoms with Crippen LogP contribution in [-0.2, 0) is 0 Å². The minimum absolute atomic E-state index is 0.290. The molecule has 0 radical (unpaired) electrons. The molecule has 1 aliphatic rings. The highest BCUT2D eigenvalue weighted by atomic mass is 16.3. The lowest BCUT2D eigenvalue weighted by atomic mass is 9.95. The Morgan fingerprint density at radius 2 is 0.914 bits per heavy atom. The molecule has 0 bridgehead atoms. The van der Waals surface area contributed by atoms with Gasteiger partial charge in [-0.05, 0) is 81.9 Å². The number of fused-ring (bicyclic) bond motifs is 4. The number of rotatable bonds is 6. The summed E-state index contributed by atoms with van der Waals surface area (Å²) in [4.78, 5) is 16.5. The molecule has 1 atom stereocenters. The first kappa shape index (κ1) is 34.5. The Kier molecular flexibility index (Phi) is 8.27. The zero-order chi connectivity index (χ0) is 39.3. The number of anilines is 1. The highest BCUT2D eigenvalue weighted by Gasteiger charge is 2.41. The zero-order valence-electron chi connectivity index (χ0n) is 31.0. The van der Waals surface area contributed by atoms with Crippen molar-refractivity contribution in [2.24, 2.45) is 0 Å². The number of aromatic nitrogens is 1. The van der Waals surface area contributed by atoms with Crippen LogP contribution in [0.2, 0.25) is 0 Å². The van der Waals surface area contributed by atoms with Gasteiger partial charge in [0, 0.05) is 33.0 Å². The van der Waals surface area contributed by atoms with Gasteiger partial charge in [-0.1, -0.05) is 133 Å². The van der Waals surface area contributed by atoms with Crippen LogP contribution in [0.3, 0.4) is 0 Å². The molecule has 2 heterocycles. The van der Waals surface area contributed by atoms with Crippen LogP contribution in [0.5, 0.6) is 0 Å². The molecule has 10 rings (SSSR count). The fraction of sp³-hybridized carbons (Fsp3) is 0.0192. The maximum absolute atomic E-state index is 14.9. The van der Waals surface area contributed by atoms with E-state index >= 15 is 0 Å². The third kappa shape index (κ3) is 5.56. The molecule has 0 spiro atoms. The summed E-state index contributed by atoms with van der Waals surface area (Å²) in [5.41, 5.74) is 12.6. The number of aliphatic hydroxyl groups is 1. The first-order valence-electron chi connectivity index (χ1n) is 19.0. The van der Waals surface area contributed by atoms with Crippen LogP contribution in [0, 0.1) is 22.7 Å². The largest absolute Gasteiger partial charge is 0.369 e. The topological polar surface area (TPSA) is 93.0 Å². The lowest BCUT2D eigenvalue weighted by molar-refractivity contribution is 0.0935. The summed E-state index contributed by atoms with van der Waals surface area (Å²) in [6, 6.07) is 63.7. The summed E-state index contributed by atoms with van der Waals surface area (Å²) < 4.78 is 2.16. The van der Waals surface area contributed by atoms with E-state index in [0.29, 0.717) is 33.6 Å². The highest BCUT2D eigenvalue weighted by Crippen LogP contribution is 2.48. The number of aliphatic hydroxyl groups excluding tert-OH is 1. The van der Waals surface area contributed by atoms with Gasteiger partial charge >= 0.3 is 0 Å². The molecule has 1 aromatic heterocycles. The van der Waals surface area contributed by atoms with Crippen molar-refractivity contribution in [1.29, 1.82) is 10.5 Å². The van der Waals surface area contributed by atoms with E-state index in [4.69, 9.17) is 0 Å². The highest BCUT2D eigenvalue weighted by molar-refractivity contribution is 6.16. The van der Waals surface area contributed by atoms with Crippen LogP contribution in [0.1, 0.15) is 33.3 Å². The van der Waals surface area contributed by atoms with E-state index in [1.807, 2.05) is 140 Å². The molecule has 1 N–H and O–H groups in total. The smallest absolute Gasteiger partial charge is 0.261 e. The summed E-state index contributed by atoms with van der Waals surface area (Å²) >= 11 is 0. The molecule has 1 unspecified atom stereocenters. The van der Waals surface area contributed by atoms with Crippen molar-refractivity contribution in [1.82, 2.24) is 4.57 Å². The van der Waals surface area contributed by atoms with Gasteiger partial charge in [0.1, 0.15) is 0 Å². The molecule has 0 fully saturated rings. The first-order valence-corrected chi connectivity index (χ1v) is 19.0. The Morgan fingerprint density at radius 1 is 0.466 bits per heavy atom. The number of hydrogen-bond acceptors (Lipinski definition) is 4. The lowest BCUT2D eigenvalue weighted by Gasteiger charge is -2.27. The molecule has 58 heavy (non-hydrogen) atoms. The average Bonchev–Trinajstić information content (AvgIpc) is 3.75. The number of benzene rings is 8. The number of amides is 1. The van der Waals surface area contributed by atoms with Gasteiger partial charge in [0.05, 0.1) is 45.7 Å². The first-order chi connectivity index (χ1) is 28.5. The van der Waals surface area contributed by atoms with Crippen LogP contribution in [0.4, 0.5) is 5.69 Å². The number of hydrogen-bond donors (Lipinski definition) is 1. The molecular formula is C52H32N4O2. The van der Waals surface area contributed by atoms with Crippen molar-refractivity contribution in [3.05, 3.63) is 204 Å². The molecule has 8 aromatic carbocycles. The van der Waals surface area contributed by atoms with E-state index in [0.717, 1.165) is 66.3 Å². The Morgan fingerprint density at radius 3 is 1.40 bits per heavy atom. The number of carbonyl (C=O) groups is 1. The second-order valence-electron chi connectivity index (χ2n) is 14.4. The molecule has 0 saturated heterocycles. The van der Waals surface area contributed by atoms with Crippen LogP contribution >= 0.6 is 0 Å². The van der Waals surface area contributed by atoms with E-state index in [2.05, 4.69) is 53.1 Å². The predicted molar refractivity (Wildman–Crippen MR) is 230 cm³/mol. The van der Waals surface area contributed by atoms with Crippen molar-refractivity contribution in [3.63, 3.8) is 0 Å². The second-order valence-corrected chi connectivity index (χ2v) is 14.4. The van der Waals surface area contributed by atoms with E-state index in [1.54, 1.807) is 11.0 Å². The lowest BCUT2D eigenvalue weighted by Crippen LogP contribution is -2.29. The zero-order valence-corrected chi connectivity index (χ0v) is 31.0.